The maximum Gasteiger partial charge on any atom is 0.338 e. The van der Waals surface area contributed by atoms with Crippen LogP contribution in [0.1, 0.15) is 75.7 Å². The molecule has 5 nitrogen and oxygen atoms in total. The van der Waals surface area contributed by atoms with E-state index in [-0.39, 0.29) is 16.8 Å². The van der Waals surface area contributed by atoms with Crippen LogP contribution in [0.5, 0.6) is 0 Å². The molecular formula is C32H48O5Si2. The average molecular weight is 569 g/mol. The van der Waals surface area contributed by atoms with Crippen molar-refractivity contribution < 1.29 is 23.2 Å². The fourth-order valence-electron chi connectivity index (χ4n) is 6.70. The van der Waals surface area contributed by atoms with Gasteiger partial charge in [-0.3, -0.25) is 4.79 Å². The number of ketones is 1. The first kappa shape index (κ1) is 31.5. The zero-order valence-electron chi connectivity index (χ0n) is 25.5. The van der Waals surface area contributed by atoms with Gasteiger partial charge in [-0.1, -0.05) is 123 Å². The van der Waals surface area contributed by atoms with Crippen LogP contribution in [0.25, 0.3) is 0 Å². The molecule has 2 aromatic rings. The van der Waals surface area contributed by atoms with Crippen LogP contribution in [0, 0.1) is 0 Å². The van der Waals surface area contributed by atoms with Crippen LogP contribution >= 0.6 is 0 Å². The van der Waals surface area contributed by atoms with Crippen molar-refractivity contribution in [1.82, 2.24) is 0 Å². The normalized spacial score (nSPS) is 19.3. The molecule has 0 unspecified atom stereocenters. The lowest BCUT2D eigenvalue weighted by Crippen LogP contribution is -2.71. The van der Waals surface area contributed by atoms with Gasteiger partial charge in [0.1, 0.15) is 12.2 Å². The van der Waals surface area contributed by atoms with Crippen LogP contribution in [0.4, 0.5) is 0 Å². The third-order valence-electron chi connectivity index (χ3n) is 8.51. The second-order valence-corrected chi connectivity index (χ2v) is 22.6. The Hall–Kier alpha value is -2.07. The Morgan fingerprint density at radius 3 is 1.62 bits per heavy atom. The minimum absolute atomic E-state index is 0.0269. The van der Waals surface area contributed by atoms with E-state index in [9.17, 15) is 9.59 Å². The van der Waals surface area contributed by atoms with E-state index in [1.54, 1.807) is 6.92 Å². The molecule has 3 atom stereocenters. The van der Waals surface area contributed by atoms with Crippen molar-refractivity contribution in [2.24, 2.45) is 0 Å². The van der Waals surface area contributed by atoms with E-state index >= 15 is 0 Å². The number of hydrogen-bond donors (Lipinski definition) is 0. The molecule has 0 amide bonds. The largest absolute Gasteiger partial charge is 0.457 e. The summed E-state index contributed by atoms with van der Waals surface area (Å²) in [5, 5.41) is 1.93. The van der Waals surface area contributed by atoms with Crippen LogP contribution < -0.4 is 10.4 Å². The molecule has 0 aromatic heterocycles. The molecule has 1 heterocycles. The van der Waals surface area contributed by atoms with Crippen molar-refractivity contribution in [3.8, 4) is 0 Å². The van der Waals surface area contributed by atoms with Crippen LogP contribution in [-0.4, -0.2) is 46.7 Å². The lowest BCUT2D eigenvalue weighted by atomic mass is 10.0. The minimum Gasteiger partial charge on any atom is -0.457 e. The summed E-state index contributed by atoms with van der Waals surface area (Å²) in [5.74, 6) is -0.392. The van der Waals surface area contributed by atoms with Crippen molar-refractivity contribution in [3.05, 3.63) is 60.7 Å². The second kappa shape index (κ2) is 12.2. The number of rotatable bonds is 12. The number of benzene rings is 2. The highest BCUT2D eigenvalue weighted by molar-refractivity contribution is 6.99. The Morgan fingerprint density at radius 1 is 0.846 bits per heavy atom. The van der Waals surface area contributed by atoms with Gasteiger partial charge in [0.15, 0.2) is 11.9 Å². The number of Topliss-reactive ketones (excluding diaryl/α,β-unsaturated/α-hetero) is 1. The van der Waals surface area contributed by atoms with Gasteiger partial charge in [0.2, 0.25) is 8.32 Å². The van der Waals surface area contributed by atoms with Gasteiger partial charge in [-0.15, -0.1) is 0 Å². The molecule has 0 spiro atoms. The maximum absolute atomic E-state index is 13.0. The Balaban J connectivity index is 2.01. The van der Waals surface area contributed by atoms with Crippen LogP contribution in [-0.2, 0) is 23.2 Å². The monoisotopic (exact) mass is 568 g/mol. The van der Waals surface area contributed by atoms with Crippen molar-refractivity contribution in [2.45, 2.75) is 116 Å². The van der Waals surface area contributed by atoms with Gasteiger partial charge in [0, 0.05) is 6.42 Å². The zero-order valence-corrected chi connectivity index (χ0v) is 27.5. The summed E-state index contributed by atoms with van der Waals surface area (Å²) in [6.07, 6.45) is -1.61. The van der Waals surface area contributed by atoms with Gasteiger partial charge in [-0.25, -0.2) is 4.79 Å². The quantitative estimate of drug-likeness (QED) is 0.219. The first-order chi connectivity index (χ1) is 18.2. The molecule has 0 radical (unpaired) electrons. The predicted octanol–water partition coefficient (Wildman–Crippen LogP) is 6.40. The van der Waals surface area contributed by atoms with E-state index < -0.39 is 34.9 Å². The Morgan fingerprint density at radius 2 is 1.28 bits per heavy atom. The lowest BCUT2D eigenvalue weighted by molar-refractivity contribution is -0.198. The number of esters is 1. The summed E-state index contributed by atoms with van der Waals surface area (Å²) >= 11 is 0. The Labute approximate surface area is 237 Å². The fourth-order valence-corrected chi connectivity index (χ4v) is 16.9. The topological polar surface area (TPSA) is 61.8 Å². The summed E-state index contributed by atoms with van der Waals surface area (Å²) in [5.41, 5.74) is 1.02. The fraction of sp³-hybridized carbons (Fsp3) is 0.562. The number of carbonyl (C=O) groups excluding carboxylic acids is 2. The third-order valence-corrected chi connectivity index (χ3v) is 19.6. The molecular weight excluding hydrogens is 521 g/mol. The molecule has 1 saturated heterocycles. The van der Waals surface area contributed by atoms with Gasteiger partial charge >= 0.3 is 5.97 Å². The molecule has 2 aromatic carbocycles. The molecule has 0 N–H and O–H groups in total. The first-order valence-electron chi connectivity index (χ1n) is 14.4. The Kier molecular flexibility index (Phi) is 9.85. The van der Waals surface area contributed by atoms with Crippen molar-refractivity contribution in [2.75, 3.05) is 0 Å². The van der Waals surface area contributed by atoms with Crippen LogP contribution in [0.15, 0.2) is 60.7 Å². The molecule has 0 aliphatic carbocycles. The third kappa shape index (κ3) is 6.02. The van der Waals surface area contributed by atoms with Gasteiger partial charge in [-0.05, 0) is 39.0 Å². The molecule has 1 aliphatic heterocycles. The SMILES string of the molecule is CC(=O)[C@@H](C[C@@H]1OC(=O)[C@H]1O[Si](c1ccccc1)(c1ccccc1)C(C)(C)C)O[Si](C(C)C)(C(C)C)C(C)C. The number of carbonyl (C=O) groups is 2. The molecule has 7 heteroatoms. The van der Waals surface area contributed by atoms with Crippen LogP contribution in [0.2, 0.25) is 21.7 Å². The summed E-state index contributed by atoms with van der Waals surface area (Å²) < 4.78 is 19.7. The van der Waals surface area contributed by atoms with Crippen molar-refractivity contribution in [3.63, 3.8) is 0 Å². The lowest BCUT2D eigenvalue weighted by Gasteiger charge is -2.49. The molecule has 214 valence electrons. The van der Waals surface area contributed by atoms with Gasteiger partial charge in [-0.2, -0.15) is 0 Å². The smallest absolute Gasteiger partial charge is 0.338 e. The minimum atomic E-state index is -2.96. The van der Waals surface area contributed by atoms with E-state index in [1.807, 2.05) is 36.4 Å². The van der Waals surface area contributed by atoms with E-state index in [0.29, 0.717) is 23.0 Å². The summed E-state index contributed by atoms with van der Waals surface area (Å²) in [7, 11) is -5.29. The zero-order chi connectivity index (χ0) is 29.2. The van der Waals surface area contributed by atoms with Crippen molar-refractivity contribution >= 4 is 38.8 Å². The summed E-state index contributed by atoms with van der Waals surface area (Å²) in [4.78, 5) is 26.0. The van der Waals surface area contributed by atoms with E-state index in [1.165, 1.54) is 0 Å². The van der Waals surface area contributed by atoms with Gasteiger partial charge in [0.05, 0.1) is 0 Å². The molecule has 0 saturated carbocycles. The highest BCUT2D eigenvalue weighted by Gasteiger charge is 2.57. The summed E-state index contributed by atoms with van der Waals surface area (Å²) in [6.45, 7) is 21.4. The molecule has 0 bridgehead atoms. The maximum atomic E-state index is 13.0. The molecule has 1 aliphatic rings. The van der Waals surface area contributed by atoms with E-state index in [0.717, 1.165) is 10.4 Å². The van der Waals surface area contributed by atoms with E-state index in [2.05, 4.69) is 86.6 Å². The van der Waals surface area contributed by atoms with Crippen LogP contribution in [0.3, 0.4) is 0 Å². The predicted molar refractivity (Wildman–Crippen MR) is 164 cm³/mol. The summed E-state index contributed by atoms with van der Waals surface area (Å²) in [6, 6.07) is 20.5. The molecule has 1 fully saturated rings. The highest BCUT2D eigenvalue weighted by atomic mass is 28.4. The standard InChI is InChI=1S/C32H48O5Si2/c1-22(2)38(23(3)4,24(5)6)36-28(25(7)33)21-29-30(31(34)35-29)37-39(32(8,9)10,26-17-13-11-14-18-26)27-19-15-12-16-20-27/h11-20,22-24,28-30H,21H2,1-10H3/t28-,29+,30+/m1/s1. The average Bonchev–Trinajstić information content (AvgIpc) is 2.85. The van der Waals surface area contributed by atoms with Crippen molar-refractivity contribution in [1.29, 1.82) is 0 Å². The molecule has 3 rings (SSSR count). The van der Waals surface area contributed by atoms with Gasteiger partial charge in [0.25, 0.3) is 8.32 Å². The number of hydrogen-bond acceptors (Lipinski definition) is 5. The highest BCUT2D eigenvalue weighted by Crippen LogP contribution is 2.44. The second-order valence-electron chi connectivity index (χ2n) is 12.9. The Bertz CT molecular complexity index is 1050. The first-order valence-corrected chi connectivity index (χ1v) is 18.4. The molecule has 39 heavy (non-hydrogen) atoms. The number of ether oxygens (including phenoxy) is 1. The van der Waals surface area contributed by atoms with Gasteiger partial charge < -0.3 is 13.6 Å². The number of cyclic esters (lactones) is 1. The van der Waals surface area contributed by atoms with E-state index in [4.69, 9.17) is 13.6 Å².